The fourth-order valence-corrected chi connectivity index (χ4v) is 2.72. The van der Waals surface area contributed by atoms with Crippen LogP contribution in [0.1, 0.15) is 20.7 Å². The summed E-state index contributed by atoms with van der Waals surface area (Å²) in [6, 6.07) is 12.3. The molecule has 0 spiro atoms. The molecule has 1 heterocycles. The second-order valence-corrected chi connectivity index (χ2v) is 6.10. The molecule has 0 aliphatic rings. The van der Waals surface area contributed by atoms with E-state index in [1.807, 2.05) is 49.3 Å². The van der Waals surface area contributed by atoms with E-state index in [9.17, 15) is 14.7 Å². The second-order valence-electron chi connectivity index (χ2n) is 6.10. The molecule has 0 unspecified atom stereocenters. The van der Waals surface area contributed by atoms with Gasteiger partial charge >= 0.3 is 5.97 Å². The van der Waals surface area contributed by atoms with E-state index in [1.54, 1.807) is 6.07 Å². The number of pyridine rings is 1. The van der Waals surface area contributed by atoms with Gasteiger partial charge in [0, 0.05) is 29.4 Å². The van der Waals surface area contributed by atoms with Crippen LogP contribution in [-0.4, -0.2) is 54.1 Å². The van der Waals surface area contributed by atoms with Crippen LogP contribution >= 0.6 is 0 Å². The van der Waals surface area contributed by atoms with E-state index in [4.69, 9.17) is 0 Å². The smallest absolute Gasteiger partial charge is 0.337 e. The van der Waals surface area contributed by atoms with E-state index in [1.165, 1.54) is 6.07 Å². The van der Waals surface area contributed by atoms with Gasteiger partial charge < -0.3 is 15.3 Å². The topological polar surface area (TPSA) is 82.5 Å². The number of likely N-dealkylation sites (N-methyl/N-ethyl adjacent to an activating group) is 1. The third-order valence-electron chi connectivity index (χ3n) is 4.01. The van der Waals surface area contributed by atoms with Crippen LogP contribution in [0.5, 0.6) is 0 Å². The Kier molecular flexibility index (Phi) is 4.63. The molecule has 0 saturated heterocycles. The predicted molar refractivity (Wildman–Crippen MR) is 97.1 cm³/mol. The van der Waals surface area contributed by atoms with Crippen molar-refractivity contribution in [3.8, 4) is 0 Å². The Bertz CT molecular complexity index is 967. The highest BCUT2D eigenvalue weighted by atomic mass is 16.4. The van der Waals surface area contributed by atoms with Gasteiger partial charge in [-0.05, 0) is 38.4 Å². The van der Waals surface area contributed by atoms with Crippen molar-refractivity contribution in [2.75, 3.05) is 27.2 Å². The lowest BCUT2D eigenvalue weighted by atomic mass is 10.0. The maximum Gasteiger partial charge on any atom is 0.337 e. The number of aromatic nitrogens is 1. The molecule has 0 saturated carbocycles. The average Bonchev–Trinajstić information content (AvgIpc) is 2.58. The van der Waals surface area contributed by atoms with E-state index in [2.05, 4.69) is 10.3 Å². The summed E-state index contributed by atoms with van der Waals surface area (Å²) < 4.78 is 0. The number of fused-ring (bicyclic) bond motifs is 2. The average molecular weight is 337 g/mol. The van der Waals surface area contributed by atoms with Gasteiger partial charge in [-0.2, -0.15) is 0 Å². The van der Waals surface area contributed by atoms with Crippen LogP contribution in [0, 0.1) is 0 Å². The lowest BCUT2D eigenvalue weighted by Gasteiger charge is -2.12. The Balaban J connectivity index is 2.12. The first kappa shape index (κ1) is 16.9. The standard InChI is InChI=1S/C19H19N3O3/c1-22(2)10-9-20-18(23)13-7-8-14(19(24)25)17-15(13)11-12-5-3-4-6-16(12)21-17/h3-8,11H,9-10H2,1-2H3,(H,20,23)(H,24,25). The molecular formula is C19H19N3O3. The zero-order valence-corrected chi connectivity index (χ0v) is 14.1. The molecule has 2 aromatic carbocycles. The molecule has 2 N–H and O–H groups in total. The van der Waals surface area contributed by atoms with Crippen LogP contribution in [0.25, 0.3) is 21.8 Å². The molecule has 0 fully saturated rings. The summed E-state index contributed by atoms with van der Waals surface area (Å²) in [6.07, 6.45) is 0. The molecule has 6 nitrogen and oxygen atoms in total. The van der Waals surface area contributed by atoms with E-state index < -0.39 is 5.97 Å². The lowest BCUT2D eigenvalue weighted by Crippen LogP contribution is -2.31. The molecule has 0 radical (unpaired) electrons. The van der Waals surface area contributed by atoms with E-state index in [0.29, 0.717) is 28.5 Å². The number of rotatable bonds is 5. The van der Waals surface area contributed by atoms with Crippen molar-refractivity contribution in [1.29, 1.82) is 0 Å². The number of para-hydroxylation sites is 1. The molecule has 0 bridgehead atoms. The van der Waals surface area contributed by atoms with Crippen molar-refractivity contribution >= 4 is 33.7 Å². The Morgan fingerprint density at radius 3 is 2.56 bits per heavy atom. The summed E-state index contributed by atoms with van der Waals surface area (Å²) in [7, 11) is 3.86. The molecule has 0 aliphatic carbocycles. The van der Waals surface area contributed by atoms with Crippen LogP contribution in [0.2, 0.25) is 0 Å². The predicted octanol–water partition coefficient (Wildman–Crippen LogP) is 2.38. The fourth-order valence-electron chi connectivity index (χ4n) is 2.72. The highest BCUT2D eigenvalue weighted by molar-refractivity contribution is 6.13. The highest BCUT2D eigenvalue weighted by Gasteiger charge is 2.17. The summed E-state index contributed by atoms with van der Waals surface area (Å²) in [5, 5.41) is 13.7. The largest absolute Gasteiger partial charge is 0.478 e. The SMILES string of the molecule is CN(C)CCNC(=O)c1ccc(C(=O)O)c2nc3ccccc3cc12. The van der Waals surface area contributed by atoms with Crippen molar-refractivity contribution in [3.63, 3.8) is 0 Å². The molecule has 0 atom stereocenters. The third-order valence-corrected chi connectivity index (χ3v) is 4.01. The van der Waals surface area contributed by atoms with Crippen molar-refractivity contribution in [1.82, 2.24) is 15.2 Å². The zero-order chi connectivity index (χ0) is 18.0. The molecule has 6 heteroatoms. The molecule has 128 valence electrons. The van der Waals surface area contributed by atoms with Crippen molar-refractivity contribution in [2.24, 2.45) is 0 Å². The summed E-state index contributed by atoms with van der Waals surface area (Å²) >= 11 is 0. The van der Waals surface area contributed by atoms with Crippen LogP contribution < -0.4 is 5.32 Å². The molecule has 3 aromatic rings. The van der Waals surface area contributed by atoms with Gasteiger partial charge in [0.2, 0.25) is 0 Å². The first-order valence-corrected chi connectivity index (χ1v) is 7.96. The van der Waals surface area contributed by atoms with Crippen molar-refractivity contribution < 1.29 is 14.7 Å². The van der Waals surface area contributed by atoms with Gasteiger partial charge in [0.05, 0.1) is 16.6 Å². The summed E-state index contributed by atoms with van der Waals surface area (Å²) in [5.41, 5.74) is 1.54. The minimum Gasteiger partial charge on any atom is -0.478 e. The number of nitrogens with one attached hydrogen (secondary N) is 1. The zero-order valence-electron chi connectivity index (χ0n) is 14.1. The summed E-state index contributed by atoms with van der Waals surface area (Å²) in [4.78, 5) is 30.5. The van der Waals surface area contributed by atoms with Crippen LogP contribution in [0.4, 0.5) is 0 Å². The minimum absolute atomic E-state index is 0.0885. The van der Waals surface area contributed by atoms with E-state index in [-0.39, 0.29) is 11.5 Å². The van der Waals surface area contributed by atoms with Gasteiger partial charge in [-0.1, -0.05) is 18.2 Å². The van der Waals surface area contributed by atoms with E-state index >= 15 is 0 Å². The number of benzene rings is 2. The van der Waals surface area contributed by atoms with Gasteiger partial charge in [-0.3, -0.25) is 4.79 Å². The normalized spacial score (nSPS) is 11.2. The minimum atomic E-state index is -1.06. The molecule has 1 aromatic heterocycles. The number of hydrogen-bond donors (Lipinski definition) is 2. The Morgan fingerprint density at radius 2 is 1.84 bits per heavy atom. The monoisotopic (exact) mass is 337 g/mol. The molecule has 25 heavy (non-hydrogen) atoms. The maximum absolute atomic E-state index is 12.6. The van der Waals surface area contributed by atoms with Crippen LogP contribution in [-0.2, 0) is 0 Å². The van der Waals surface area contributed by atoms with Gasteiger partial charge in [0.25, 0.3) is 5.91 Å². The van der Waals surface area contributed by atoms with Gasteiger partial charge in [0.15, 0.2) is 0 Å². The fraction of sp³-hybridized carbons (Fsp3) is 0.211. The third kappa shape index (κ3) is 3.44. The number of nitrogens with zero attached hydrogens (tertiary/aromatic N) is 2. The number of amides is 1. The molecule has 3 rings (SSSR count). The Hall–Kier alpha value is -2.99. The van der Waals surface area contributed by atoms with Gasteiger partial charge in [-0.25, -0.2) is 9.78 Å². The first-order chi connectivity index (χ1) is 12.0. The van der Waals surface area contributed by atoms with E-state index in [0.717, 1.165) is 11.9 Å². The number of aromatic carboxylic acids is 1. The van der Waals surface area contributed by atoms with Gasteiger partial charge in [0.1, 0.15) is 0 Å². The van der Waals surface area contributed by atoms with Crippen molar-refractivity contribution in [2.45, 2.75) is 0 Å². The number of hydrogen-bond acceptors (Lipinski definition) is 4. The number of carbonyl (C=O) groups is 2. The summed E-state index contributed by atoms with van der Waals surface area (Å²) in [6.45, 7) is 1.23. The van der Waals surface area contributed by atoms with Crippen LogP contribution in [0.15, 0.2) is 42.5 Å². The first-order valence-electron chi connectivity index (χ1n) is 7.96. The Morgan fingerprint density at radius 1 is 1.12 bits per heavy atom. The van der Waals surface area contributed by atoms with Crippen LogP contribution in [0.3, 0.4) is 0 Å². The molecular weight excluding hydrogens is 318 g/mol. The van der Waals surface area contributed by atoms with Gasteiger partial charge in [-0.15, -0.1) is 0 Å². The second kappa shape index (κ2) is 6.86. The number of carboxylic acids is 1. The maximum atomic E-state index is 12.6. The molecule has 0 aliphatic heterocycles. The van der Waals surface area contributed by atoms with Crippen molar-refractivity contribution in [3.05, 3.63) is 53.6 Å². The molecule has 1 amide bonds. The Labute approximate surface area is 145 Å². The summed E-state index contributed by atoms with van der Waals surface area (Å²) in [5.74, 6) is -1.30. The lowest BCUT2D eigenvalue weighted by molar-refractivity contribution is 0.0698. The number of carboxylic acid groups (broad SMARTS) is 1. The highest BCUT2D eigenvalue weighted by Crippen LogP contribution is 2.26. The quantitative estimate of drug-likeness (QED) is 0.699. The number of carbonyl (C=O) groups excluding carboxylic acids is 1.